The van der Waals surface area contributed by atoms with E-state index in [4.69, 9.17) is 4.98 Å². The first-order valence-electron chi connectivity index (χ1n) is 22.6. The van der Waals surface area contributed by atoms with E-state index in [-0.39, 0.29) is 0 Å². The maximum absolute atomic E-state index is 5.46. The van der Waals surface area contributed by atoms with Crippen molar-refractivity contribution in [3.8, 4) is 61.6 Å². The van der Waals surface area contributed by atoms with E-state index >= 15 is 0 Å². The highest BCUT2D eigenvalue weighted by Crippen LogP contribution is 2.49. The molecule has 1 aliphatic carbocycles. The zero-order valence-electron chi connectivity index (χ0n) is 35.6. The Labute approximate surface area is 378 Å². The number of rotatable bonds is 3. The maximum atomic E-state index is 5.46. The highest BCUT2D eigenvalue weighted by molar-refractivity contribution is 6.13. The zero-order valence-corrected chi connectivity index (χ0v) is 35.6. The molecule has 5 nitrogen and oxygen atoms in total. The molecule has 4 heterocycles. The summed E-state index contributed by atoms with van der Waals surface area (Å²) in [4.78, 5) is 5.46. The lowest BCUT2D eigenvalue weighted by Gasteiger charge is -2.23. The summed E-state index contributed by atoms with van der Waals surface area (Å²) < 4.78 is 9.64. The fourth-order valence-electron chi connectivity index (χ4n) is 11.4. The van der Waals surface area contributed by atoms with Gasteiger partial charge in [-0.15, -0.1) is 0 Å². The molecule has 0 N–H and O–H groups in total. The minimum atomic E-state index is 0.871. The Morgan fingerprint density at radius 3 is 1.24 bits per heavy atom. The summed E-state index contributed by atoms with van der Waals surface area (Å²) in [5.74, 6) is 0.871. The van der Waals surface area contributed by atoms with Gasteiger partial charge in [0.1, 0.15) is 0 Å². The molecule has 1 aliphatic rings. The fraction of sp³-hybridized carbons (Fsp3) is 0. The average molecular weight is 840 g/mol. The first-order chi connectivity index (χ1) is 32.8. The van der Waals surface area contributed by atoms with Gasteiger partial charge in [-0.3, -0.25) is 8.97 Å². The van der Waals surface area contributed by atoms with E-state index in [1.807, 2.05) is 0 Å². The van der Waals surface area contributed by atoms with E-state index in [0.717, 1.165) is 55.9 Å². The monoisotopic (exact) mass is 839 g/mol. The molecular weight excluding hydrogens is 803 g/mol. The standard InChI is InChI=1S/C61H37N5/c1-2-18-40-39(17-1)41-19-3-5-21-43(41)48-36-59-60(37-49(48)44-22-6-4-20-42(40)44)66(61-62-51-26-10-14-30-56(51)65(59)61)58-32-16-15-31-57(58)64-54-29-13-9-25-47(54)50-35-38(33-34-55(50)64)63-52-27-11-7-23-45(52)46-24-8-12-28-53(46)63/h1-37H. The normalized spacial score (nSPS) is 12.2. The zero-order chi connectivity index (χ0) is 43.0. The molecule has 0 saturated carbocycles. The van der Waals surface area contributed by atoms with Gasteiger partial charge in [0.05, 0.1) is 55.5 Å². The second-order valence-corrected chi connectivity index (χ2v) is 17.5. The van der Waals surface area contributed by atoms with Crippen LogP contribution in [0.15, 0.2) is 224 Å². The minimum absolute atomic E-state index is 0.871. The molecule has 0 atom stereocenters. The Balaban J connectivity index is 1.03. The molecule has 0 spiro atoms. The van der Waals surface area contributed by atoms with E-state index in [1.54, 1.807) is 0 Å². The molecule has 0 radical (unpaired) electrons. The lowest BCUT2D eigenvalue weighted by molar-refractivity contribution is 1.06. The number of aromatic nitrogens is 5. The topological polar surface area (TPSA) is 32.1 Å². The first kappa shape index (κ1) is 35.5. The van der Waals surface area contributed by atoms with Gasteiger partial charge in [0, 0.05) is 27.2 Å². The number of para-hydroxylation sites is 7. The molecule has 0 aliphatic heterocycles. The van der Waals surface area contributed by atoms with Crippen LogP contribution in [0.3, 0.4) is 0 Å². The van der Waals surface area contributed by atoms with Crippen LogP contribution < -0.4 is 0 Å². The maximum Gasteiger partial charge on any atom is 0.220 e. The van der Waals surface area contributed by atoms with Crippen LogP contribution >= 0.6 is 0 Å². The van der Waals surface area contributed by atoms with Gasteiger partial charge in [0.2, 0.25) is 5.78 Å². The molecule has 0 saturated heterocycles. The van der Waals surface area contributed by atoms with Crippen LogP contribution in [0.2, 0.25) is 0 Å². The summed E-state index contributed by atoms with van der Waals surface area (Å²) in [6.45, 7) is 0. The summed E-state index contributed by atoms with van der Waals surface area (Å²) in [5.41, 5.74) is 21.9. The first-order valence-corrected chi connectivity index (χ1v) is 22.6. The summed E-state index contributed by atoms with van der Waals surface area (Å²) in [6, 6.07) is 82.2. The van der Waals surface area contributed by atoms with Crippen molar-refractivity contribution in [2.45, 2.75) is 0 Å². The van der Waals surface area contributed by atoms with Gasteiger partial charge in [-0.25, -0.2) is 4.98 Å². The van der Waals surface area contributed by atoms with Gasteiger partial charge >= 0.3 is 0 Å². The van der Waals surface area contributed by atoms with E-state index in [0.29, 0.717) is 0 Å². The third-order valence-electron chi connectivity index (χ3n) is 14.1. The number of hydrogen-bond acceptors (Lipinski definition) is 1. The van der Waals surface area contributed by atoms with Crippen molar-refractivity contribution in [2.24, 2.45) is 0 Å². The van der Waals surface area contributed by atoms with Gasteiger partial charge in [0.25, 0.3) is 0 Å². The molecule has 306 valence electrons. The second kappa shape index (κ2) is 13.3. The number of fused-ring (bicyclic) bond motifs is 19. The lowest BCUT2D eigenvalue weighted by Crippen LogP contribution is -2.04. The summed E-state index contributed by atoms with van der Waals surface area (Å²) in [7, 11) is 0. The van der Waals surface area contributed by atoms with Crippen molar-refractivity contribution in [3.05, 3.63) is 224 Å². The summed E-state index contributed by atoms with van der Waals surface area (Å²) in [5, 5.41) is 4.92. The molecule has 10 aromatic carbocycles. The highest BCUT2D eigenvalue weighted by atomic mass is 15.2. The van der Waals surface area contributed by atoms with E-state index < -0.39 is 0 Å². The van der Waals surface area contributed by atoms with Crippen molar-refractivity contribution in [1.82, 2.24) is 23.1 Å². The molecular formula is C61H37N5. The Hall–Kier alpha value is -8.93. The van der Waals surface area contributed by atoms with Gasteiger partial charge in [0.15, 0.2) is 0 Å². The van der Waals surface area contributed by atoms with Crippen molar-refractivity contribution in [2.75, 3.05) is 0 Å². The van der Waals surface area contributed by atoms with Crippen LogP contribution in [0, 0.1) is 0 Å². The Morgan fingerprint density at radius 1 is 0.258 bits per heavy atom. The molecule has 5 heteroatoms. The predicted molar refractivity (Wildman–Crippen MR) is 274 cm³/mol. The van der Waals surface area contributed by atoms with Gasteiger partial charge < -0.3 is 9.13 Å². The second-order valence-electron chi connectivity index (χ2n) is 17.5. The largest absolute Gasteiger partial charge is 0.309 e. The van der Waals surface area contributed by atoms with Gasteiger partial charge in [-0.1, -0.05) is 152 Å². The minimum Gasteiger partial charge on any atom is -0.309 e. The van der Waals surface area contributed by atoms with Crippen LogP contribution in [-0.4, -0.2) is 23.1 Å². The van der Waals surface area contributed by atoms with E-state index in [2.05, 4.69) is 243 Å². The van der Waals surface area contributed by atoms with Crippen molar-refractivity contribution in [1.29, 1.82) is 0 Å². The molecule has 0 fully saturated rings. The molecule has 66 heavy (non-hydrogen) atoms. The van der Waals surface area contributed by atoms with Crippen molar-refractivity contribution >= 4 is 71.5 Å². The third kappa shape index (κ3) is 4.75. The third-order valence-corrected chi connectivity index (χ3v) is 14.1. The van der Waals surface area contributed by atoms with E-state index in [1.165, 1.54) is 77.1 Å². The SMILES string of the molecule is c1ccc2c(c1)-c1ccccc1-c1cc3c(cc1-c1ccccc1-2)n1c2ccccc2nc1n3-c1ccccc1-n1c2ccccc2c2cc(-n3c4ccccc4c4ccccc43)ccc21. The van der Waals surface area contributed by atoms with Crippen LogP contribution in [0.25, 0.3) is 133 Å². The molecule has 4 aromatic heterocycles. The number of hydrogen-bond donors (Lipinski definition) is 0. The number of nitrogens with zero attached hydrogens (tertiary/aromatic N) is 5. The molecule has 0 bridgehead atoms. The Morgan fingerprint density at radius 2 is 0.667 bits per heavy atom. The molecule has 15 rings (SSSR count). The molecule has 0 amide bonds. The number of benzene rings is 10. The van der Waals surface area contributed by atoms with Crippen LogP contribution in [0.4, 0.5) is 0 Å². The van der Waals surface area contributed by atoms with Crippen molar-refractivity contribution < 1.29 is 0 Å². The molecule has 0 unspecified atom stereocenters. The predicted octanol–water partition coefficient (Wildman–Crippen LogP) is 15.6. The van der Waals surface area contributed by atoms with Crippen LogP contribution in [-0.2, 0) is 0 Å². The lowest BCUT2D eigenvalue weighted by atomic mass is 9.81. The highest BCUT2D eigenvalue weighted by Gasteiger charge is 2.27. The smallest absolute Gasteiger partial charge is 0.220 e. The fourth-order valence-corrected chi connectivity index (χ4v) is 11.4. The Bertz CT molecular complexity index is 4310. The quantitative estimate of drug-likeness (QED) is 0.174. The summed E-state index contributed by atoms with van der Waals surface area (Å²) in [6.07, 6.45) is 0. The summed E-state index contributed by atoms with van der Waals surface area (Å²) >= 11 is 0. The van der Waals surface area contributed by atoms with Gasteiger partial charge in [-0.05, 0) is 117 Å². The van der Waals surface area contributed by atoms with Crippen molar-refractivity contribution in [3.63, 3.8) is 0 Å². The average Bonchev–Trinajstić information content (AvgIpc) is 4.11. The number of imidazole rings is 2. The van der Waals surface area contributed by atoms with Gasteiger partial charge in [-0.2, -0.15) is 0 Å². The molecule has 14 aromatic rings. The van der Waals surface area contributed by atoms with Crippen LogP contribution in [0.1, 0.15) is 0 Å². The van der Waals surface area contributed by atoms with E-state index in [9.17, 15) is 0 Å². The Kier molecular flexibility index (Phi) is 7.16. The van der Waals surface area contributed by atoms with Crippen LogP contribution in [0.5, 0.6) is 0 Å².